The van der Waals surface area contributed by atoms with E-state index in [1.165, 1.54) is 5.56 Å². The number of nitrogens with one attached hydrogen (secondary N) is 2. The minimum atomic E-state index is 0.429. The van der Waals surface area contributed by atoms with Gasteiger partial charge in [-0.1, -0.05) is 17.7 Å². The van der Waals surface area contributed by atoms with E-state index >= 15 is 0 Å². The molecule has 1 aromatic heterocycles. The van der Waals surface area contributed by atoms with E-state index < -0.39 is 0 Å². The van der Waals surface area contributed by atoms with Crippen LogP contribution in [0.5, 0.6) is 11.5 Å². The van der Waals surface area contributed by atoms with Gasteiger partial charge in [-0.05, 0) is 31.2 Å². The molecule has 9 nitrogen and oxygen atoms in total. The third kappa shape index (κ3) is 5.13. The summed E-state index contributed by atoms with van der Waals surface area (Å²) in [6, 6.07) is 13.6. The molecule has 0 bridgehead atoms. The van der Waals surface area contributed by atoms with Gasteiger partial charge < -0.3 is 29.7 Å². The van der Waals surface area contributed by atoms with Crippen LogP contribution in [0.2, 0.25) is 0 Å². The molecule has 3 aromatic rings. The van der Waals surface area contributed by atoms with Crippen LogP contribution in [0.15, 0.2) is 42.5 Å². The van der Waals surface area contributed by atoms with Gasteiger partial charge in [0.2, 0.25) is 17.8 Å². The van der Waals surface area contributed by atoms with Gasteiger partial charge in [0, 0.05) is 30.5 Å². The lowest BCUT2D eigenvalue weighted by Gasteiger charge is -2.27. The van der Waals surface area contributed by atoms with Gasteiger partial charge in [-0.2, -0.15) is 15.0 Å². The average molecular weight is 422 g/mol. The topological polar surface area (TPSA) is 93.7 Å². The van der Waals surface area contributed by atoms with Crippen molar-refractivity contribution in [3.8, 4) is 11.5 Å². The fraction of sp³-hybridized carbons (Fsp3) is 0.318. The van der Waals surface area contributed by atoms with E-state index in [2.05, 4.69) is 37.4 Å². The van der Waals surface area contributed by atoms with Crippen molar-refractivity contribution in [1.29, 1.82) is 0 Å². The number of aryl methyl sites for hydroxylation is 1. The number of anilines is 5. The second-order valence-corrected chi connectivity index (χ2v) is 7.07. The van der Waals surface area contributed by atoms with E-state index in [0.717, 1.165) is 24.5 Å². The summed E-state index contributed by atoms with van der Waals surface area (Å²) in [4.78, 5) is 15.9. The SMILES string of the molecule is COc1ccc(Nc2nc(Nc3ccc(C)cc3)nc(N3CCOCC3)n2)cc1OC. The van der Waals surface area contributed by atoms with E-state index in [0.29, 0.717) is 42.6 Å². The van der Waals surface area contributed by atoms with E-state index in [-0.39, 0.29) is 0 Å². The molecule has 0 unspecified atom stereocenters. The Bertz CT molecular complexity index is 1020. The molecule has 1 aliphatic heterocycles. The van der Waals surface area contributed by atoms with Crippen molar-refractivity contribution < 1.29 is 14.2 Å². The van der Waals surface area contributed by atoms with Gasteiger partial charge in [-0.15, -0.1) is 0 Å². The molecular formula is C22H26N6O3. The highest BCUT2D eigenvalue weighted by molar-refractivity contribution is 5.62. The van der Waals surface area contributed by atoms with Crippen molar-refractivity contribution in [1.82, 2.24) is 15.0 Å². The molecule has 31 heavy (non-hydrogen) atoms. The number of hydrogen-bond donors (Lipinski definition) is 2. The van der Waals surface area contributed by atoms with Crippen LogP contribution in [0.1, 0.15) is 5.56 Å². The van der Waals surface area contributed by atoms with Crippen molar-refractivity contribution in [2.24, 2.45) is 0 Å². The van der Waals surface area contributed by atoms with Crippen LogP contribution < -0.4 is 25.0 Å². The Hall–Kier alpha value is -3.59. The summed E-state index contributed by atoms with van der Waals surface area (Å²) in [7, 11) is 3.21. The maximum Gasteiger partial charge on any atom is 0.233 e. The fourth-order valence-electron chi connectivity index (χ4n) is 3.19. The second-order valence-electron chi connectivity index (χ2n) is 7.07. The van der Waals surface area contributed by atoms with Crippen molar-refractivity contribution in [3.63, 3.8) is 0 Å². The van der Waals surface area contributed by atoms with Gasteiger partial charge in [-0.25, -0.2) is 0 Å². The Morgan fingerprint density at radius 2 is 1.42 bits per heavy atom. The number of rotatable bonds is 7. The summed E-state index contributed by atoms with van der Waals surface area (Å²) >= 11 is 0. The Labute approximate surface area is 181 Å². The Balaban J connectivity index is 1.64. The Morgan fingerprint density at radius 3 is 2.06 bits per heavy atom. The van der Waals surface area contributed by atoms with Crippen LogP contribution in [-0.2, 0) is 4.74 Å². The zero-order chi connectivity index (χ0) is 21.6. The smallest absolute Gasteiger partial charge is 0.233 e. The minimum absolute atomic E-state index is 0.429. The minimum Gasteiger partial charge on any atom is -0.493 e. The predicted molar refractivity (Wildman–Crippen MR) is 120 cm³/mol. The van der Waals surface area contributed by atoms with Crippen LogP contribution >= 0.6 is 0 Å². The summed E-state index contributed by atoms with van der Waals surface area (Å²) in [6.07, 6.45) is 0. The third-order valence-corrected chi connectivity index (χ3v) is 4.86. The quantitative estimate of drug-likeness (QED) is 0.593. The maximum absolute atomic E-state index is 5.46. The Kier molecular flexibility index (Phi) is 6.32. The molecule has 162 valence electrons. The highest BCUT2D eigenvalue weighted by Crippen LogP contribution is 2.31. The summed E-state index contributed by atoms with van der Waals surface area (Å²) in [5, 5.41) is 6.52. The lowest BCUT2D eigenvalue weighted by Crippen LogP contribution is -2.37. The number of aromatic nitrogens is 3. The maximum atomic E-state index is 5.46. The van der Waals surface area contributed by atoms with Crippen LogP contribution in [-0.4, -0.2) is 55.5 Å². The van der Waals surface area contributed by atoms with Gasteiger partial charge in [0.25, 0.3) is 0 Å². The molecule has 2 N–H and O–H groups in total. The molecule has 1 aliphatic rings. The number of benzene rings is 2. The molecule has 0 spiro atoms. The zero-order valence-electron chi connectivity index (χ0n) is 17.9. The van der Waals surface area contributed by atoms with Crippen molar-refractivity contribution in [2.75, 3.05) is 56.1 Å². The van der Waals surface area contributed by atoms with Crippen LogP contribution in [0.25, 0.3) is 0 Å². The molecule has 9 heteroatoms. The van der Waals surface area contributed by atoms with Gasteiger partial charge in [0.1, 0.15) is 0 Å². The Morgan fingerprint density at radius 1 is 0.806 bits per heavy atom. The predicted octanol–water partition coefficient (Wildman–Crippen LogP) is 3.52. The van der Waals surface area contributed by atoms with E-state index in [4.69, 9.17) is 14.2 Å². The third-order valence-electron chi connectivity index (χ3n) is 4.86. The lowest BCUT2D eigenvalue weighted by atomic mass is 10.2. The number of ether oxygens (including phenoxy) is 3. The van der Waals surface area contributed by atoms with Crippen LogP contribution in [0.4, 0.5) is 29.2 Å². The average Bonchev–Trinajstić information content (AvgIpc) is 2.81. The number of morpholine rings is 1. The van der Waals surface area contributed by atoms with Crippen molar-refractivity contribution in [3.05, 3.63) is 48.0 Å². The number of hydrogen-bond acceptors (Lipinski definition) is 9. The summed E-state index contributed by atoms with van der Waals surface area (Å²) in [5.74, 6) is 2.75. The molecule has 4 rings (SSSR count). The highest BCUT2D eigenvalue weighted by Gasteiger charge is 2.17. The first-order chi connectivity index (χ1) is 15.1. The van der Waals surface area contributed by atoms with Gasteiger partial charge >= 0.3 is 0 Å². The summed E-state index contributed by atoms with van der Waals surface area (Å²) < 4.78 is 16.2. The monoisotopic (exact) mass is 422 g/mol. The molecule has 1 fully saturated rings. The lowest BCUT2D eigenvalue weighted by molar-refractivity contribution is 0.122. The zero-order valence-corrected chi connectivity index (χ0v) is 17.9. The molecule has 0 atom stereocenters. The fourth-order valence-corrected chi connectivity index (χ4v) is 3.19. The summed E-state index contributed by atoms with van der Waals surface area (Å²) in [5.41, 5.74) is 2.87. The largest absolute Gasteiger partial charge is 0.493 e. The molecular weight excluding hydrogens is 396 g/mol. The van der Waals surface area contributed by atoms with E-state index in [9.17, 15) is 0 Å². The first-order valence-electron chi connectivity index (χ1n) is 10.1. The van der Waals surface area contributed by atoms with Gasteiger partial charge in [0.15, 0.2) is 11.5 Å². The summed E-state index contributed by atoms with van der Waals surface area (Å²) in [6.45, 7) is 4.79. The highest BCUT2D eigenvalue weighted by atomic mass is 16.5. The van der Waals surface area contributed by atoms with Gasteiger partial charge in [0.05, 0.1) is 27.4 Å². The second kappa shape index (κ2) is 9.48. The normalized spacial score (nSPS) is 13.6. The van der Waals surface area contributed by atoms with E-state index in [1.54, 1.807) is 14.2 Å². The van der Waals surface area contributed by atoms with Crippen molar-refractivity contribution >= 4 is 29.2 Å². The number of methoxy groups -OCH3 is 2. The first-order valence-corrected chi connectivity index (χ1v) is 10.1. The first kappa shape index (κ1) is 20.7. The van der Waals surface area contributed by atoms with E-state index in [1.807, 2.05) is 42.5 Å². The molecule has 1 saturated heterocycles. The van der Waals surface area contributed by atoms with Crippen LogP contribution in [0.3, 0.4) is 0 Å². The number of nitrogens with zero attached hydrogens (tertiary/aromatic N) is 4. The molecule has 0 saturated carbocycles. The standard InChI is InChI=1S/C22H26N6O3/c1-15-4-6-16(7-5-15)23-20-25-21(27-22(26-20)28-10-12-31-13-11-28)24-17-8-9-18(29-2)19(14-17)30-3/h4-9,14H,10-13H2,1-3H3,(H2,23,24,25,26,27). The molecule has 0 aliphatic carbocycles. The molecule has 2 aromatic carbocycles. The van der Waals surface area contributed by atoms with Gasteiger partial charge in [-0.3, -0.25) is 0 Å². The molecule has 0 radical (unpaired) electrons. The molecule has 0 amide bonds. The molecule has 2 heterocycles. The van der Waals surface area contributed by atoms with Crippen LogP contribution in [0, 0.1) is 6.92 Å². The van der Waals surface area contributed by atoms with Crippen molar-refractivity contribution in [2.45, 2.75) is 6.92 Å².